The average Bonchev–Trinajstić information content (AvgIpc) is 2.47. The van der Waals surface area contributed by atoms with Gasteiger partial charge in [0.2, 0.25) is 0 Å². The van der Waals surface area contributed by atoms with Gasteiger partial charge in [0.25, 0.3) is 0 Å². The van der Waals surface area contributed by atoms with Crippen LogP contribution >= 0.6 is 15.9 Å². The molecule has 0 radical (unpaired) electrons. The molecule has 0 aromatic carbocycles. The molecule has 0 unspecified atom stereocenters. The molecular formula is C10H13BrN2O2. The lowest BCUT2D eigenvalue weighted by Gasteiger charge is -1.97. The summed E-state index contributed by atoms with van der Waals surface area (Å²) < 4.78 is 7.27. The molecule has 0 spiro atoms. The zero-order valence-corrected chi connectivity index (χ0v) is 10.4. The number of allylic oxidation sites excluding steroid dienone is 1. The fraction of sp³-hybridized carbons (Fsp3) is 0.400. The normalized spacial score (nSPS) is 10.1. The molecule has 0 aliphatic heterocycles. The molecule has 1 aromatic heterocycles. The van der Waals surface area contributed by atoms with Gasteiger partial charge in [0.05, 0.1) is 23.3 Å². The highest BCUT2D eigenvalue weighted by Gasteiger charge is 2.19. The minimum Gasteiger partial charge on any atom is -0.461 e. The topological polar surface area (TPSA) is 44.1 Å². The first kappa shape index (κ1) is 12.0. The van der Waals surface area contributed by atoms with E-state index >= 15 is 0 Å². The molecule has 82 valence electrons. The number of carbonyl (C=O) groups is 1. The summed E-state index contributed by atoms with van der Waals surface area (Å²) in [5.41, 5.74) is 1.20. The Balaban J connectivity index is 3.04. The average molecular weight is 273 g/mol. The third-order valence-corrected chi connectivity index (χ3v) is 2.85. The molecular weight excluding hydrogens is 260 g/mol. The van der Waals surface area contributed by atoms with Crippen molar-refractivity contribution in [3.63, 3.8) is 0 Å². The lowest BCUT2D eigenvalue weighted by molar-refractivity contribution is 0.0517. The first-order chi connectivity index (χ1) is 7.11. The van der Waals surface area contributed by atoms with Crippen LogP contribution in [0.3, 0.4) is 0 Å². The number of hydrogen-bond donors (Lipinski definition) is 0. The number of hydrogen-bond acceptors (Lipinski definition) is 3. The first-order valence-electron chi connectivity index (χ1n) is 4.62. The quantitative estimate of drug-likeness (QED) is 0.624. The third kappa shape index (κ3) is 2.47. The van der Waals surface area contributed by atoms with Gasteiger partial charge >= 0.3 is 5.97 Å². The van der Waals surface area contributed by atoms with Gasteiger partial charge in [-0.25, -0.2) is 4.79 Å². The first-order valence-corrected chi connectivity index (χ1v) is 5.42. The fourth-order valence-corrected chi connectivity index (χ4v) is 1.60. The van der Waals surface area contributed by atoms with E-state index in [1.54, 1.807) is 17.7 Å². The van der Waals surface area contributed by atoms with Crippen molar-refractivity contribution in [3.05, 3.63) is 28.5 Å². The second-order valence-corrected chi connectivity index (χ2v) is 3.73. The van der Waals surface area contributed by atoms with Crippen molar-refractivity contribution >= 4 is 21.9 Å². The van der Waals surface area contributed by atoms with Crippen LogP contribution in [0.4, 0.5) is 0 Å². The maximum atomic E-state index is 11.5. The SMILES string of the molecule is C=CCn1nc(C(=O)OCC)c(Br)c1C. The van der Waals surface area contributed by atoms with E-state index in [0.29, 0.717) is 23.3 Å². The number of aromatic nitrogens is 2. The van der Waals surface area contributed by atoms with Gasteiger partial charge in [-0.15, -0.1) is 6.58 Å². The Morgan fingerprint density at radius 3 is 2.93 bits per heavy atom. The summed E-state index contributed by atoms with van der Waals surface area (Å²) in [5.74, 6) is -0.407. The Bertz CT molecular complexity index is 385. The monoisotopic (exact) mass is 272 g/mol. The zero-order valence-electron chi connectivity index (χ0n) is 8.79. The molecule has 0 aliphatic carbocycles. The fourth-order valence-electron chi connectivity index (χ4n) is 1.15. The van der Waals surface area contributed by atoms with Crippen molar-refractivity contribution in [1.29, 1.82) is 0 Å². The standard InChI is InChI=1S/C10H13BrN2O2/c1-4-6-13-7(3)8(11)9(12-13)10(14)15-5-2/h4H,1,5-6H2,2-3H3. The highest BCUT2D eigenvalue weighted by molar-refractivity contribution is 9.10. The molecule has 0 aliphatic rings. The Kier molecular flexibility index (Phi) is 4.08. The van der Waals surface area contributed by atoms with Crippen LogP contribution < -0.4 is 0 Å². The van der Waals surface area contributed by atoms with E-state index in [-0.39, 0.29) is 0 Å². The van der Waals surface area contributed by atoms with Gasteiger partial charge in [-0.1, -0.05) is 6.08 Å². The van der Waals surface area contributed by atoms with Crippen molar-refractivity contribution in [2.75, 3.05) is 6.61 Å². The largest absolute Gasteiger partial charge is 0.461 e. The third-order valence-electron chi connectivity index (χ3n) is 1.90. The molecule has 1 aromatic rings. The van der Waals surface area contributed by atoms with E-state index in [9.17, 15) is 4.79 Å². The number of halogens is 1. The molecule has 4 nitrogen and oxygen atoms in total. The van der Waals surface area contributed by atoms with Gasteiger partial charge in [-0.2, -0.15) is 5.10 Å². The maximum absolute atomic E-state index is 11.5. The molecule has 0 bridgehead atoms. The number of ether oxygens (including phenoxy) is 1. The van der Waals surface area contributed by atoms with Crippen LogP contribution in [-0.4, -0.2) is 22.4 Å². The molecule has 5 heteroatoms. The van der Waals surface area contributed by atoms with Crippen molar-refractivity contribution in [1.82, 2.24) is 9.78 Å². The van der Waals surface area contributed by atoms with Gasteiger partial charge in [-0.05, 0) is 29.8 Å². The van der Waals surface area contributed by atoms with E-state index < -0.39 is 5.97 Å². The predicted octanol–water partition coefficient (Wildman–Crippen LogP) is 2.32. The van der Waals surface area contributed by atoms with Crippen LogP contribution in [0.1, 0.15) is 23.1 Å². The molecule has 15 heavy (non-hydrogen) atoms. The van der Waals surface area contributed by atoms with E-state index in [1.165, 1.54) is 0 Å². The maximum Gasteiger partial charge on any atom is 0.360 e. The highest BCUT2D eigenvalue weighted by Crippen LogP contribution is 2.21. The molecule has 0 fully saturated rings. The number of nitrogens with zero attached hydrogens (tertiary/aromatic N) is 2. The number of rotatable bonds is 4. The summed E-state index contributed by atoms with van der Waals surface area (Å²) >= 11 is 3.32. The van der Waals surface area contributed by atoms with Crippen molar-refractivity contribution in [3.8, 4) is 0 Å². The molecule has 0 atom stereocenters. The second-order valence-electron chi connectivity index (χ2n) is 2.94. The molecule has 0 saturated heterocycles. The van der Waals surface area contributed by atoms with E-state index in [1.807, 2.05) is 6.92 Å². The lowest BCUT2D eigenvalue weighted by Crippen LogP contribution is -2.07. The van der Waals surface area contributed by atoms with Crippen LogP contribution in [0.5, 0.6) is 0 Å². The Labute approximate surface area is 97.0 Å². The second kappa shape index (κ2) is 5.11. The van der Waals surface area contributed by atoms with E-state index in [4.69, 9.17) is 4.74 Å². The predicted molar refractivity (Wildman–Crippen MR) is 60.8 cm³/mol. The van der Waals surface area contributed by atoms with Crippen molar-refractivity contribution in [2.24, 2.45) is 0 Å². The van der Waals surface area contributed by atoms with Gasteiger partial charge in [0.15, 0.2) is 5.69 Å². The smallest absolute Gasteiger partial charge is 0.360 e. The zero-order chi connectivity index (χ0) is 11.4. The summed E-state index contributed by atoms with van der Waals surface area (Å²) in [6.07, 6.45) is 1.72. The summed E-state index contributed by atoms with van der Waals surface area (Å²) in [4.78, 5) is 11.5. The Hall–Kier alpha value is -1.10. The van der Waals surface area contributed by atoms with E-state index in [2.05, 4.69) is 27.6 Å². The van der Waals surface area contributed by atoms with Crippen LogP contribution in [0, 0.1) is 6.92 Å². The van der Waals surface area contributed by atoms with Gasteiger partial charge in [0.1, 0.15) is 0 Å². The Morgan fingerprint density at radius 1 is 1.73 bits per heavy atom. The molecule has 0 amide bonds. The molecule has 0 N–H and O–H groups in total. The van der Waals surface area contributed by atoms with Crippen LogP contribution in [-0.2, 0) is 11.3 Å². The summed E-state index contributed by atoms with van der Waals surface area (Å²) in [6, 6.07) is 0. The van der Waals surface area contributed by atoms with Crippen LogP contribution in [0.15, 0.2) is 17.1 Å². The highest BCUT2D eigenvalue weighted by atomic mass is 79.9. The van der Waals surface area contributed by atoms with Gasteiger partial charge in [-0.3, -0.25) is 4.68 Å². The van der Waals surface area contributed by atoms with E-state index in [0.717, 1.165) is 5.69 Å². The lowest BCUT2D eigenvalue weighted by atomic mass is 10.4. The van der Waals surface area contributed by atoms with Crippen molar-refractivity contribution < 1.29 is 9.53 Å². The molecule has 1 heterocycles. The minimum absolute atomic E-state index is 0.316. The van der Waals surface area contributed by atoms with Crippen LogP contribution in [0.25, 0.3) is 0 Å². The van der Waals surface area contributed by atoms with Gasteiger partial charge < -0.3 is 4.74 Å². The summed E-state index contributed by atoms with van der Waals surface area (Å²) in [6.45, 7) is 8.19. The Morgan fingerprint density at radius 2 is 2.40 bits per heavy atom. The summed E-state index contributed by atoms with van der Waals surface area (Å²) in [5, 5.41) is 4.14. The minimum atomic E-state index is -0.407. The summed E-state index contributed by atoms with van der Waals surface area (Å²) in [7, 11) is 0. The molecule has 0 saturated carbocycles. The number of esters is 1. The van der Waals surface area contributed by atoms with Gasteiger partial charge in [0, 0.05) is 0 Å². The molecule has 1 rings (SSSR count). The number of carbonyl (C=O) groups excluding carboxylic acids is 1. The van der Waals surface area contributed by atoms with Crippen LogP contribution in [0.2, 0.25) is 0 Å². The van der Waals surface area contributed by atoms with Crippen molar-refractivity contribution in [2.45, 2.75) is 20.4 Å².